The Morgan fingerprint density at radius 1 is 1.32 bits per heavy atom. The van der Waals surface area contributed by atoms with Gasteiger partial charge in [-0.1, -0.05) is 24.1 Å². The number of anilines is 1. The van der Waals surface area contributed by atoms with E-state index in [1.54, 1.807) is 0 Å². The van der Waals surface area contributed by atoms with Gasteiger partial charge in [0.2, 0.25) is 0 Å². The highest BCUT2D eigenvalue weighted by molar-refractivity contribution is 6.31. The first-order chi connectivity index (χ1) is 9.33. The van der Waals surface area contributed by atoms with E-state index in [0.29, 0.717) is 6.04 Å². The molecule has 1 aliphatic heterocycles. The summed E-state index contributed by atoms with van der Waals surface area (Å²) in [7, 11) is 0. The van der Waals surface area contributed by atoms with Crippen LogP contribution in [0.5, 0.6) is 0 Å². The predicted molar refractivity (Wildman–Crippen MR) is 80.9 cm³/mol. The van der Waals surface area contributed by atoms with Crippen molar-refractivity contribution in [2.45, 2.75) is 25.3 Å². The normalized spacial score (nSPS) is 19.5. The third kappa shape index (κ3) is 2.99. The third-order valence-electron chi connectivity index (χ3n) is 3.66. The van der Waals surface area contributed by atoms with Crippen LogP contribution in [-0.2, 0) is 0 Å². The summed E-state index contributed by atoms with van der Waals surface area (Å²) in [6.07, 6.45) is 5.68. The summed E-state index contributed by atoms with van der Waals surface area (Å²) >= 11 is 6.07. The van der Waals surface area contributed by atoms with Gasteiger partial charge in [-0.25, -0.2) is 4.98 Å². The quantitative estimate of drug-likeness (QED) is 0.901. The van der Waals surface area contributed by atoms with Crippen LogP contribution in [0.1, 0.15) is 19.3 Å². The van der Waals surface area contributed by atoms with E-state index in [-0.39, 0.29) is 0 Å². The van der Waals surface area contributed by atoms with Crippen LogP contribution in [0.4, 0.5) is 5.82 Å². The second-order valence-corrected chi connectivity index (χ2v) is 5.49. The summed E-state index contributed by atoms with van der Waals surface area (Å²) in [6, 6.07) is 8.47. The van der Waals surface area contributed by atoms with Crippen LogP contribution in [0.25, 0.3) is 10.8 Å². The zero-order chi connectivity index (χ0) is 13.1. The molecule has 1 aromatic carbocycles. The average Bonchev–Trinajstić information content (AvgIpc) is 2.46. The zero-order valence-corrected chi connectivity index (χ0v) is 11.6. The molecule has 4 heteroatoms. The summed E-state index contributed by atoms with van der Waals surface area (Å²) < 4.78 is 0. The Labute approximate surface area is 118 Å². The Balaban J connectivity index is 1.78. The molecule has 100 valence electrons. The fraction of sp³-hybridized carbons (Fsp3) is 0.400. The molecule has 0 bridgehead atoms. The van der Waals surface area contributed by atoms with E-state index in [1.807, 2.05) is 30.5 Å². The van der Waals surface area contributed by atoms with Gasteiger partial charge in [-0.2, -0.15) is 0 Å². The highest BCUT2D eigenvalue weighted by atomic mass is 35.5. The average molecular weight is 276 g/mol. The number of pyridine rings is 1. The van der Waals surface area contributed by atoms with Crippen LogP contribution in [0.15, 0.2) is 30.5 Å². The van der Waals surface area contributed by atoms with E-state index in [4.69, 9.17) is 11.6 Å². The van der Waals surface area contributed by atoms with Crippen molar-refractivity contribution in [3.05, 3.63) is 35.5 Å². The van der Waals surface area contributed by atoms with Crippen molar-refractivity contribution in [2.24, 2.45) is 0 Å². The van der Waals surface area contributed by atoms with Gasteiger partial charge in [0.15, 0.2) is 0 Å². The van der Waals surface area contributed by atoms with Crippen molar-refractivity contribution >= 4 is 28.2 Å². The number of aromatic nitrogens is 1. The van der Waals surface area contributed by atoms with Crippen LogP contribution >= 0.6 is 11.6 Å². The minimum absolute atomic E-state index is 0.546. The van der Waals surface area contributed by atoms with Gasteiger partial charge in [-0.05, 0) is 43.0 Å². The molecule has 3 nitrogen and oxygen atoms in total. The number of benzene rings is 1. The van der Waals surface area contributed by atoms with E-state index in [9.17, 15) is 0 Å². The summed E-state index contributed by atoms with van der Waals surface area (Å²) in [5.74, 6) is 0.923. The van der Waals surface area contributed by atoms with Crippen molar-refractivity contribution < 1.29 is 0 Å². The minimum atomic E-state index is 0.546. The third-order valence-corrected chi connectivity index (χ3v) is 3.89. The van der Waals surface area contributed by atoms with E-state index in [2.05, 4.69) is 15.6 Å². The standard InChI is InChI=1S/C15H18ClN3/c16-12-5-4-11-6-8-18-15(14(11)9-12)19-10-13-3-1-2-7-17-13/h4-6,8-9,13,17H,1-3,7,10H2,(H,18,19). The molecule has 1 atom stereocenters. The predicted octanol–water partition coefficient (Wildman–Crippen LogP) is 3.44. The fourth-order valence-electron chi connectivity index (χ4n) is 2.60. The molecular formula is C15H18ClN3. The van der Waals surface area contributed by atoms with Gasteiger partial charge in [-0.3, -0.25) is 0 Å². The molecule has 3 rings (SSSR count). The molecule has 1 aromatic heterocycles. The first-order valence-electron chi connectivity index (χ1n) is 6.84. The molecule has 0 spiro atoms. The Morgan fingerprint density at radius 2 is 2.26 bits per heavy atom. The molecule has 2 N–H and O–H groups in total. The fourth-order valence-corrected chi connectivity index (χ4v) is 2.77. The molecular weight excluding hydrogens is 258 g/mol. The Hall–Kier alpha value is -1.32. The van der Waals surface area contributed by atoms with Crippen LogP contribution in [0, 0.1) is 0 Å². The highest BCUT2D eigenvalue weighted by Gasteiger charge is 2.12. The number of fused-ring (bicyclic) bond motifs is 1. The summed E-state index contributed by atoms with van der Waals surface area (Å²) in [4.78, 5) is 4.43. The van der Waals surface area contributed by atoms with Crippen LogP contribution in [0.3, 0.4) is 0 Å². The second-order valence-electron chi connectivity index (χ2n) is 5.05. The molecule has 1 fully saturated rings. The van der Waals surface area contributed by atoms with E-state index in [1.165, 1.54) is 24.6 Å². The molecule has 2 aromatic rings. The second kappa shape index (κ2) is 5.76. The summed E-state index contributed by atoms with van der Waals surface area (Å²) in [6.45, 7) is 2.04. The highest BCUT2D eigenvalue weighted by Crippen LogP contribution is 2.24. The lowest BCUT2D eigenvalue weighted by molar-refractivity contribution is 0.414. The van der Waals surface area contributed by atoms with E-state index in [0.717, 1.165) is 29.3 Å². The zero-order valence-electron chi connectivity index (χ0n) is 10.8. The molecule has 19 heavy (non-hydrogen) atoms. The maximum absolute atomic E-state index is 6.07. The van der Waals surface area contributed by atoms with Gasteiger partial charge in [-0.15, -0.1) is 0 Å². The van der Waals surface area contributed by atoms with Gasteiger partial charge >= 0.3 is 0 Å². The van der Waals surface area contributed by atoms with Gasteiger partial charge < -0.3 is 10.6 Å². The summed E-state index contributed by atoms with van der Waals surface area (Å²) in [5.41, 5.74) is 0. The lowest BCUT2D eigenvalue weighted by atomic mass is 10.1. The van der Waals surface area contributed by atoms with E-state index >= 15 is 0 Å². The topological polar surface area (TPSA) is 37.0 Å². The Morgan fingerprint density at radius 3 is 3.11 bits per heavy atom. The van der Waals surface area contributed by atoms with Crippen LogP contribution in [0.2, 0.25) is 5.02 Å². The Bertz CT molecular complexity index is 564. The number of halogens is 1. The molecule has 0 aliphatic carbocycles. The van der Waals surface area contributed by atoms with Gasteiger partial charge in [0.05, 0.1) is 0 Å². The van der Waals surface area contributed by atoms with Crippen molar-refractivity contribution in [1.29, 1.82) is 0 Å². The van der Waals surface area contributed by atoms with Crippen molar-refractivity contribution in [3.63, 3.8) is 0 Å². The number of nitrogens with one attached hydrogen (secondary N) is 2. The maximum Gasteiger partial charge on any atom is 0.133 e. The Kier molecular flexibility index (Phi) is 3.85. The summed E-state index contributed by atoms with van der Waals surface area (Å²) in [5, 5.41) is 9.99. The van der Waals surface area contributed by atoms with Crippen molar-refractivity contribution in [3.8, 4) is 0 Å². The van der Waals surface area contributed by atoms with E-state index < -0.39 is 0 Å². The first-order valence-corrected chi connectivity index (χ1v) is 7.22. The van der Waals surface area contributed by atoms with Crippen LogP contribution in [-0.4, -0.2) is 24.1 Å². The number of rotatable bonds is 3. The van der Waals surface area contributed by atoms with Crippen molar-refractivity contribution in [1.82, 2.24) is 10.3 Å². The molecule has 1 saturated heterocycles. The largest absolute Gasteiger partial charge is 0.368 e. The first kappa shape index (κ1) is 12.7. The minimum Gasteiger partial charge on any atom is -0.368 e. The van der Waals surface area contributed by atoms with Gasteiger partial charge in [0.25, 0.3) is 0 Å². The molecule has 0 amide bonds. The maximum atomic E-state index is 6.07. The number of hydrogen-bond acceptors (Lipinski definition) is 3. The smallest absolute Gasteiger partial charge is 0.133 e. The number of piperidine rings is 1. The SMILES string of the molecule is Clc1ccc2ccnc(NCC3CCCCN3)c2c1. The lowest BCUT2D eigenvalue weighted by Gasteiger charge is -2.24. The monoisotopic (exact) mass is 275 g/mol. The molecule has 0 saturated carbocycles. The lowest BCUT2D eigenvalue weighted by Crippen LogP contribution is -2.39. The van der Waals surface area contributed by atoms with Gasteiger partial charge in [0.1, 0.15) is 5.82 Å². The molecule has 1 aliphatic rings. The van der Waals surface area contributed by atoms with Crippen LogP contribution < -0.4 is 10.6 Å². The molecule has 0 radical (unpaired) electrons. The number of nitrogens with zero attached hydrogens (tertiary/aromatic N) is 1. The number of hydrogen-bond donors (Lipinski definition) is 2. The molecule has 2 heterocycles. The molecule has 1 unspecified atom stereocenters. The van der Waals surface area contributed by atoms with Gasteiger partial charge in [0, 0.05) is 29.2 Å². The van der Waals surface area contributed by atoms with Crippen molar-refractivity contribution in [2.75, 3.05) is 18.4 Å².